The van der Waals surface area contributed by atoms with Gasteiger partial charge in [0, 0.05) is 10.5 Å². The predicted molar refractivity (Wildman–Crippen MR) is 78.9 cm³/mol. The van der Waals surface area contributed by atoms with Gasteiger partial charge < -0.3 is 9.84 Å². The molecule has 0 aliphatic carbocycles. The fourth-order valence-corrected chi connectivity index (χ4v) is 2.52. The van der Waals surface area contributed by atoms with Crippen LogP contribution >= 0.6 is 31.9 Å². The number of aliphatic hydroxyl groups is 1. The Morgan fingerprint density at radius 2 is 1.68 bits per heavy atom. The molecule has 2 aromatic carbocycles. The van der Waals surface area contributed by atoms with Crippen LogP contribution in [-0.4, -0.2) is 5.11 Å². The smallest absolute Gasteiger partial charge is 0.141 e. The average molecular weight is 390 g/mol. The summed E-state index contributed by atoms with van der Waals surface area (Å²) in [5.74, 6) is 0.604. The van der Waals surface area contributed by atoms with Crippen molar-refractivity contribution in [2.75, 3.05) is 0 Å². The molecule has 0 aromatic heterocycles. The van der Waals surface area contributed by atoms with Gasteiger partial charge in [-0.1, -0.05) is 22.0 Å². The van der Waals surface area contributed by atoms with Crippen molar-refractivity contribution < 1.29 is 14.2 Å². The maximum absolute atomic E-state index is 13.4. The molecule has 100 valence electrons. The van der Waals surface area contributed by atoms with Crippen LogP contribution in [0.1, 0.15) is 18.6 Å². The first kappa shape index (κ1) is 14.5. The van der Waals surface area contributed by atoms with Gasteiger partial charge in [0.05, 0.1) is 10.6 Å². The van der Waals surface area contributed by atoms with Gasteiger partial charge in [0.1, 0.15) is 17.3 Å². The largest absolute Gasteiger partial charge is 0.457 e. The summed E-state index contributed by atoms with van der Waals surface area (Å²) < 4.78 is 20.1. The zero-order valence-corrected chi connectivity index (χ0v) is 13.2. The van der Waals surface area contributed by atoms with Crippen LogP contribution < -0.4 is 4.74 Å². The number of ether oxygens (including phenoxy) is 1. The highest BCUT2D eigenvalue weighted by Crippen LogP contribution is 2.31. The van der Waals surface area contributed by atoms with Crippen molar-refractivity contribution in [2.45, 2.75) is 13.0 Å². The highest BCUT2D eigenvalue weighted by molar-refractivity contribution is 9.10. The van der Waals surface area contributed by atoms with Gasteiger partial charge in [-0.25, -0.2) is 4.39 Å². The van der Waals surface area contributed by atoms with Gasteiger partial charge in [-0.15, -0.1) is 0 Å². The molecule has 5 heteroatoms. The summed E-state index contributed by atoms with van der Waals surface area (Å²) in [7, 11) is 0. The van der Waals surface area contributed by atoms with Gasteiger partial charge in [-0.2, -0.15) is 0 Å². The van der Waals surface area contributed by atoms with Crippen molar-refractivity contribution in [1.82, 2.24) is 0 Å². The first-order chi connectivity index (χ1) is 8.97. The Hall–Kier alpha value is -0.910. The minimum atomic E-state index is -0.562. The quantitative estimate of drug-likeness (QED) is 0.781. The summed E-state index contributed by atoms with van der Waals surface area (Å²) in [6.45, 7) is 1.69. The molecule has 0 bridgehead atoms. The fraction of sp³-hybridized carbons (Fsp3) is 0.143. The van der Waals surface area contributed by atoms with Crippen LogP contribution in [0.15, 0.2) is 45.3 Å². The van der Waals surface area contributed by atoms with E-state index in [1.807, 2.05) is 0 Å². The van der Waals surface area contributed by atoms with Crippen LogP contribution in [0.25, 0.3) is 0 Å². The monoisotopic (exact) mass is 388 g/mol. The van der Waals surface area contributed by atoms with E-state index in [9.17, 15) is 9.50 Å². The molecule has 0 radical (unpaired) electrons. The molecule has 0 fully saturated rings. The zero-order chi connectivity index (χ0) is 14.0. The lowest BCUT2D eigenvalue weighted by atomic mass is 10.1. The molecule has 2 aromatic rings. The minimum absolute atomic E-state index is 0.378. The molecule has 1 N–H and O–H groups in total. The van der Waals surface area contributed by atoms with Crippen LogP contribution in [0.2, 0.25) is 0 Å². The Kier molecular flexibility index (Phi) is 4.60. The second-order valence-electron chi connectivity index (χ2n) is 4.04. The van der Waals surface area contributed by atoms with E-state index >= 15 is 0 Å². The van der Waals surface area contributed by atoms with Crippen molar-refractivity contribution in [2.24, 2.45) is 0 Å². The molecule has 0 saturated carbocycles. The van der Waals surface area contributed by atoms with Gasteiger partial charge in [0.15, 0.2) is 0 Å². The number of halogens is 3. The Morgan fingerprint density at radius 1 is 1.05 bits per heavy atom. The highest BCUT2D eigenvalue weighted by Gasteiger charge is 2.08. The normalized spacial score (nSPS) is 12.3. The minimum Gasteiger partial charge on any atom is -0.457 e. The second kappa shape index (κ2) is 6.03. The lowest BCUT2D eigenvalue weighted by molar-refractivity contribution is 0.198. The third-order valence-electron chi connectivity index (χ3n) is 2.55. The summed E-state index contributed by atoms with van der Waals surface area (Å²) >= 11 is 6.45. The van der Waals surface area contributed by atoms with Crippen LogP contribution in [0.3, 0.4) is 0 Å². The van der Waals surface area contributed by atoms with Crippen molar-refractivity contribution in [3.63, 3.8) is 0 Å². The van der Waals surface area contributed by atoms with E-state index in [0.29, 0.717) is 16.0 Å². The van der Waals surface area contributed by atoms with Crippen molar-refractivity contribution in [3.05, 3.63) is 56.7 Å². The molecule has 0 spiro atoms. The highest BCUT2D eigenvalue weighted by atomic mass is 79.9. The Labute approximate surface area is 127 Å². The summed E-state index contributed by atoms with van der Waals surface area (Å²) in [6, 6.07) is 9.79. The lowest BCUT2D eigenvalue weighted by Gasteiger charge is -2.11. The molecule has 0 aliphatic rings. The van der Waals surface area contributed by atoms with Gasteiger partial charge in [0.2, 0.25) is 0 Å². The van der Waals surface area contributed by atoms with Crippen LogP contribution in [0.5, 0.6) is 11.5 Å². The van der Waals surface area contributed by atoms with E-state index in [-0.39, 0.29) is 5.82 Å². The molecular weight excluding hydrogens is 379 g/mol. The molecule has 0 saturated heterocycles. The van der Waals surface area contributed by atoms with E-state index in [4.69, 9.17) is 4.74 Å². The SMILES string of the molecule is C[C@H](O)c1ccc(Oc2ccc(Br)c(F)c2)cc1Br. The summed E-state index contributed by atoms with van der Waals surface area (Å²) in [6.07, 6.45) is -0.562. The van der Waals surface area contributed by atoms with Gasteiger partial charge in [-0.3, -0.25) is 0 Å². The molecule has 0 heterocycles. The van der Waals surface area contributed by atoms with Crippen LogP contribution in [-0.2, 0) is 0 Å². The fourth-order valence-electron chi connectivity index (χ4n) is 1.59. The molecular formula is C14H11Br2FO2. The number of rotatable bonds is 3. The number of hydrogen-bond acceptors (Lipinski definition) is 2. The number of hydrogen-bond donors (Lipinski definition) is 1. The first-order valence-electron chi connectivity index (χ1n) is 5.58. The van der Waals surface area contributed by atoms with E-state index in [1.165, 1.54) is 6.07 Å². The summed E-state index contributed by atoms with van der Waals surface area (Å²) in [5, 5.41) is 9.53. The van der Waals surface area contributed by atoms with E-state index < -0.39 is 6.10 Å². The Morgan fingerprint density at radius 3 is 2.26 bits per heavy atom. The van der Waals surface area contributed by atoms with E-state index in [0.717, 1.165) is 10.0 Å². The molecule has 2 rings (SSSR count). The number of benzene rings is 2. The molecule has 19 heavy (non-hydrogen) atoms. The van der Waals surface area contributed by atoms with E-state index in [2.05, 4.69) is 31.9 Å². The second-order valence-corrected chi connectivity index (χ2v) is 5.75. The number of aliphatic hydroxyl groups excluding tert-OH is 1. The van der Waals surface area contributed by atoms with Crippen LogP contribution in [0, 0.1) is 5.82 Å². The molecule has 0 unspecified atom stereocenters. The molecule has 1 atom stereocenters. The van der Waals surface area contributed by atoms with Crippen LogP contribution in [0.4, 0.5) is 4.39 Å². The molecule has 2 nitrogen and oxygen atoms in total. The van der Waals surface area contributed by atoms with Crippen molar-refractivity contribution in [3.8, 4) is 11.5 Å². The lowest BCUT2D eigenvalue weighted by Crippen LogP contribution is -1.93. The van der Waals surface area contributed by atoms with Gasteiger partial charge in [0.25, 0.3) is 0 Å². The van der Waals surface area contributed by atoms with Crippen molar-refractivity contribution in [1.29, 1.82) is 0 Å². The maximum Gasteiger partial charge on any atom is 0.141 e. The topological polar surface area (TPSA) is 29.5 Å². The Balaban J connectivity index is 2.24. The van der Waals surface area contributed by atoms with E-state index in [1.54, 1.807) is 37.3 Å². The molecule has 0 amide bonds. The first-order valence-corrected chi connectivity index (χ1v) is 7.16. The van der Waals surface area contributed by atoms with Gasteiger partial charge >= 0.3 is 0 Å². The molecule has 0 aliphatic heterocycles. The summed E-state index contributed by atoms with van der Waals surface area (Å²) in [5.41, 5.74) is 0.773. The maximum atomic E-state index is 13.4. The summed E-state index contributed by atoms with van der Waals surface area (Å²) in [4.78, 5) is 0. The average Bonchev–Trinajstić information content (AvgIpc) is 2.33. The zero-order valence-electron chi connectivity index (χ0n) is 10.0. The standard InChI is InChI=1S/C14H11Br2FO2/c1-8(18)11-4-2-9(6-13(11)16)19-10-3-5-12(15)14(17)7-10/h2-8,18H,1H3/t8-/m0/s1. The van der Waals surface area contributed by atoms with Gasteiger partial charge in [-0.05, 0) is 52.7 Å². The van der Waals surface area contributed by atoms with Crippen molar-refractivity contribution >= 4 is 31.9 Å². The third kappa shape index (κ3) is 3.55. The predicted octanol–water partition coefficient (Wildman–Crippen LogP) is 5.20. The Bertz CT molecular complexity index is 600. The third-order valence-corrected chi connectivity index (χ3v) is 3.88.